The zero-order chi connectivity index (χ0) is 65.8. The SMILES string of the molecule is CCN(CC1CCN(CCOC)CC1)C1CC(OC)C1.CCN(CC1CCN(CCOC)CC1)C1CC(OC)C1.COC1CC(CN(C(C)C)C2CC(OC)C2)C1.COC1CC(CN(C(C)C)C2CC(OC)C2)C1.COC1CC(N(CC2CCCCC2)C(C)C)C1. The second-order valence-corrected chi connectivity index (χ2v) is 30.9. The van der Waals surface area contributed by atoms with Gasteiger partial charge in [0.15, 0.2) is 0 Å². The summed E-state index contributed by atoms with van der Waals surface area (Å²) in [7, 11) is 16.4. The molecule has 16 nitrogen and oxygen atoms in total. The third kappa shape index (κ3) is 26.2. The number of likely N-dealkylation sites (tertiary alicyclic amines) is 2. The smallest absolute Gasteiger partial charge is 0.0601 e. The van der Waals surface area contributed by atoms with Gasteiger partial charge in [-0.05, 0) is 239 Å². The Morgan fingerprint density at radius 1 is 0.308 bits per heavy atom. The first-order chi connectivity index (χ1) is 44.0. The maximum Gasteiger partial charge on any atom is 0.0601 e. The normalized spacial score (nSPS) is 32.3. The highest BCUT2D eigenvalue weighted by Gasteiger charge is 2.42. The summed E-state index contributed by atoms with van der Waals surface area (Å²) < 4.78 is 48.0. The van der Waals surface area contributed by atoms with E-state index in [4.69, 9.17) is 42.6 Å². The molecule has 0 amide bonds. The predicted octanol–water partition coefficient (Wildman–Crippen LogP) is 11.7. The molecule has 16 heteroatoms. The van der Waals surface area contributed by atoms with Gasteiger partial charge < -0.3 is 62.2 Å². The topological polar surface area (TPSA) is 106 Å². The van der Waals surface area contributed by atoms with Crippen molar-refractivity contribution >= 4 is 0 Å². The van der Waals surface area contributed by atoms with E-state index in [0.29, 0.717) is 60.9 Å². The molecule has 10 fully saturated rings. The molecule has 2 saturated heterocycles. The van der Waals surface area contributed by atoms with E-state index in [1.807, 2.05) is 49.8 Å². The van der Waals surface area contributed by atoms with Gasteiger partial charge in [0, 0.05) is 158 Å². The Morgan fingerprint density at radius 2 is 0.560 bits per heavy atom. The molecule has 2 heterocycles. The van der Waals surface area contributed by atoms with E-state index in [1.54, 1.807) is 14.2 Å². The molecule has 536 valence electrons. The van der Waals surface area contributed by atoms with E-state index in [0.717, 1.165) is 86.1 Å². The molecule has 0 N–H and O–H groups in total. The fourth-order valence-corrected chi connectivity index (χ4v) is 16.7. The lowest BCUT2D eigenvalue weighted by molar-refractivity contribution is -0.0624. The number of hydrogen-bond donors (Lipinski definition) is 0. The molecule has 0 aromatic rings. The van der Waals surface area contributed by atoms with Crippen molar-refractivity contribution in [1.82, 2.24) is 34.3 Å². The highest BCUT2D eigenvalue weighted by molar-refractivity contribution is 4.96. The van der Waals surface area contributed by atoms with Gasteiger partial charge in [-0.2, -0.15) is 0 Å². The van der Waals surface area contributed by atoms with Crippen LogP contribution in [0.15, 0.2) is 0 Å². The van der Waals surface area contributed by atoms with Gasteiger partial charge in [0.2, 0.25) is 0 Å². The highest BCUT2D eigenvalue weighted by Crippen LogP contribution is 2.38. The Hall–Kier alpha value is -0.640. The first-order valence-corrected chi connectivity index (χ1v) is 37.9. The average Bonchev–Trinajstić information content (AvgIpc) is 1.70. The summed E-state index contributed by atoms with van der Waals surface area (Å²) in [6.07, 6.45) is 33.7. The molecule has 10 rings (SSSR count). The fourth-order valence-electron chi connectivity index (χ4n) is 16.7. The third-order valence-electron chi connectivity index (χ3n) is 24.1. The number of nitrogens with zero attached hydrogens (tertiary/aromatic N) is 7. The van der Waals surface area contributed by atoms with E-state index >= 15 is 0 Å². The number of hydrogen-bond acceptors (Lipinski definition) is 16. The molecule has 8 saturated carbocycles. The van der Waals surface area contributed by atoms with Crippen molar-refractivity contribution in [3.05, 3.63) is 0 Å². The largest absolute Gasteiger partial charge is 0.383 e. The third-order valence-corrected chi connectivity index (χ3v) is 24.1. The van der Waals surface area contributed by atoms with E-state index in [9.17, 15) is 0 Å². The van der Waals surface area contributed by atoms with Crippen LogP contribution in [0.1, 0.15) is 203 Å². The molecular formula is C75H147N7O9. The van der Waals surface area contributed by atoms with Crippen LogP contribution in [0.4, 0.5) is 0 Å². The van der Waals surface area contributed by atoms with Crippen molar-refractivity contribution in [3.63, 3.8) is 0 Å². The minimum Gasteiger partial charge on any atom is -0.383 e. The fraction of sp³-hybridized carbons (Fsp3) is 1.00. The van der Waals surface area contributed by atoms with E-state index in [1.165, 1.54) is 220 Å². The molecule has 0 unspecified atom stereocenters. The summed E-state index contributed by atoms with van der Waals surface area (Å²) in [6.45, 7) is 36.2. The lowest BCUT2D eigenvalue weighted by atomic mass is 9.80. The maximum absolute atomic E-state index is 5.41. The van der Waals surface area contributed by atoms with Gasteiger partial charge in [0.1, 0.15) is 0 Å². The lowest BCUT2D eigenvalue weighted by Gasteiger charge is -2.47. The van der Waals surface area contributed by atoms with Gasteiger partial charge >= 0.3 is 0 Å². The van der Waals surface area contributed by atoms with Gasteiger partial charge in [-0.1, -0.05) is 33.1 Å². The summed E-state index contributed by atoms with van der Waals surface area (Å²) in [5.74, 6) is 4.44. The first kappa shape index (κ1) is 79.3. The van der Waals surface area contributed by atoms with Crippen LogP contribution in [0, 0.1) is 29.6 Å². The Bertz CT molecular complexity index is 1690. The van der Waals surface area contributed by atoms with Crippen LogP contribution in [0.3, 0.4) is 0 Å². The maximum atomic E-state index is 5.41. The van der Waals surface area contributed by atoms with Crippen LogP contribution in [-0.4, -0.2) is 288 Å². The quantitative estimate of drug-likeness (QED) is 0.0622. The summed E-state index contributed by atoms with van der Waals surface area (Å²) in [5, 5.41) is 0. The molecule has 91 heavy (non-hydrogen) atoms. The van der Waals surface area contributed by atoms with Crippen LogP contribution in [0.25, 0.3) is 0 Å². The van der Waals surface area contributed by atoms with E-state index < -0.39 is 0 Å². The van der Waals surface area contributed by atoms with E-state index in [-0.39, 0.29) is 0 Å². The number of methoxy groups -OCH3 is 9. The zero-order valence-electron chi connectivity index (χ0n) is 62.2. The van der Waals surface area contributed by atoms with Crippen LogP contribution >= 0.6 is 0 Å². The van der Waals surface area contributed by atoms with Gasteiger partial charge in [0.25, 0.3) is 0 Å². The van der Waals surface area contributed by atoms with Crippen molar-refractivity contribution in [2.75, 3.05) is 162 Å². The van der Waals surface area contributed by atoms with Crippen LogP contribution < -0.4 is 0 Å². The monoisotopic (exact) mass is 1290 g/mol. The molecule has 0 atom stereocenters. The Labute approximate surface area is 560 Å². The predicted molar refractivity (Wildman–Crippen MR) is 375 cm³/mol. The zero-order valence-corrected chi connectivity index (χ0v) is 62.2. The van der Waals surface area contributed by atoms with Crippen LogP contribution in [0.2, 0.25) is 0 Å². The molecule has 2 aliphatic heterocycles. The summed E-state index contributed by atoms with van der Waals surface area (Å²) in [6, 6.07) is 5.84. The molecule has 0 bridgehead atoms. The minimum absolute atomic E-state index is 0.509. The first-order valence-electron chi connectivity index (χ1n) is 37.9. The van der Waals surface area contributed by atoms with Crippen molar-refractivity contribution in [1.29, 1.82) is 0 Å². The molecular weight excluding hydrogens is 1140 g/mol. The number of rotatable bonds is 33. The molecule has 0 spiro atoms. The molecule has 0 radical (unpaired) electrons. The van der Waals surface area contributed by atoms with E-state index in [2.05, 4.69) is 89.7 Å². The lowest BCUT2D eigenvalue weighted by Crippen LogP contribution is -2.53. The van der Waals surface area contributed by atoms with Gasteiger partial charge in [-0.15, -0.1) is 0 Å². The van der Waals surface area contributed by atoms with Gasteiger partial charge in [-0.3, -0.25) is 14.7 Å². The van der Waals surface area contributed by atoms with Crippen molar-refractivity contribution in [2.24, 2.45) is 29.6 Å². The Balaban J connectivity index is 0.000000181. The van der Waals surface area contributed by atoms with Crippen molar-refractivity contribution < 1.29 is 42.6 Å². The minimum atomic E-state index is 0.509. The van der Waals surface area contributed by atoms with Crippen LogP contribution in [0.5, 0.6) is 0 Å². The van der Waals surface area contributed by atoms with Crippen molar-refractivity contribution in [2.45, 2.75) is 294 Å². The van der Waals surface area contributed by atoms with Crippen LogP contribution in [-0.2, 0) is 42.6 Å². The molecule has 8 aliphatic carbocycles. The molecule has 10 aliphatic rings. The Morgan fingerprint density at radius 3 is 0.813 bits per heavy atom. The average molecular weight is 1290 g/mol. The highest BCUT2D eigenvalue weighted by atomic mass is 16.5. The standard InChI is InChI=1S/2C16H32N2O2.C15H29NO.2C14H27NO2/c2*1-4-18(15-11-16(12-15)20-3)13-14-5-7-17(8-6-14)9-10-19-2;1-12(2)16(14-9-15(10-14)17-3)11-13-7-5-4-6-8-13;2*1-10(2)15(12-7-14(8-12)17-4)9-11-5-13(6-11)16-3/h2*14-16H,4-13H2,1-3H3;12-15H,4-11H2,1-3H3;2*10-14H,5-9H2,1-4H3. The van der Waals surface area contributed by atoms with Gasteiger partial charge in [0.05, 0.1) is 55.9 Å². The summed E-state index contributed by atoms with van der Waals surface area (Å²) in [5.41, 5.74) is 0. The number of piperidine rings is 2. The second-order valence-electron chi connectivity index (χ2n) is 30.9. The summed E-state index contributed by atoms with van der Waals surface area (Å²) >= 11 is 0. The second kappa shape index (κ2) is 43.0. The van der Waals surface area contributed by atoms with Crippen molar-refractivity contribution in [3.8, 4) is 0 Å². The molecule has 0 aromatic heterocycles. The Kier molecular flexibility index (Phi) is 37.5. The summed E-state index contributed by atoms with van der Waals surface area (Å²) in [4.78, 5) is 18.5. The number of ether oxygens (including phenoxy) is 9. The molecule has 0 aromatic carbocycles. The van der Waals surface area contributed by atoms with Gasteiger partial charge in [-0.25, -0.2) is 0 Å².